The monoisotopic (exact) mass is 286 g/mol. The third-order valence-electron chi connectivity index (χ3n) is 2.62. The highest BCUT2D eigenvalue weighted by atomic mass is 19.4. The number of methoxy groups -OCH3 is 1. The molecule has 0 atom stereocenters. The number of imidazole rings is 1. The van der Waals surface area contributed by atoms with Crippen LogP contribution in [-0.2, 0) is 10.9 Å². The molecular weight excluding hydrogens is 277 g/mol. The molecule has 1 heterocycles. The minimum atomic E-state index is -4.45. The second-order valence-electron chi connectivity index (χ2n) is 3.90. The van der Waals surface area contributed by atoms with E-state index in [-0.39, 0.29) is 17.0 Å². The Morgan fingerprint density at radius 2 is 1.75 bits per heavy atom. The molecule has 0 aliphatic rings. The first-order chi connectivity index (χ1) is 9.32. The summed E-state index contributed by atoms with van der Waals surface area (Å²) in [5, 5.41) is 0. The standard InChI is InChI=1S/C12H9F3N2O3/c1-20-10(18)9-8(16-11(19)17-9)6-2-4-7(5-3-6)12(13,14)15/h2-5H,1H3,(H2,16,17,19). The maximum Gasteiger partial charge on any atom is 0.416 e. The first-order valence-corrected chi connectivity index (χ1v) is 5.41. The first kappa shape index (κ1) is 13.9. The lowest BCUT2D eigenvalue weighted by molar-refractivity contribution is -0.137. The number of ether oxygens (including phenoxy) is 1. The molecule has 2 aromatic rings. The van der Waals surface area contributed by atoms with Crippen LogP contribution in [0.25, 0.3) is 11.3 Å². The predicted octanol–water partition coefficient (Wildman–Crippen LogP) is 2.18. The summed E-state index contributed by atoms with van der Waals surface area (Å²) < 4.78 is 41.8. The number of rotatable bonds is 2. The molecule has 0 amide bonds. The molecule has 106 valence electrons. The van der Waals surface area contributed by atoms with Gasteiger partial charge in [0.1, 0.15) is 0 Å². The Hall–Kier alpha value is -2.51. The third-order valence-corrected chi connectivity index (χ3v) is 2.62. The van der Waals surface area contributed by atoms with Gasteiger partial charge >= 0.3 is 17.8 Å². The molecule has 2 rings (SSSR count). The fourth-order valence-corrected chi connectivity index (χ4v) is 1.68. The van der Waals surface area contributed by atoms with Gasteiger partial charge in [-0.2, -0.15) is 13.2 Å². The van der Waals surface area contributed by atoms with Gasteiger partial charge in [0, 0.05) is 5.56 Å². The maximum absolute atomic E-state index is 12.5. The Morgan fingerprint density at radius 3 is 2.25 bits per heavy atom. The van der Waals surface area contributed by atoms with Crippen molar-refractivity contribution >= 4 is 5.97 Å². The molecule has 0 aliphatic carbocycles. The molecule has 1 aromatic carbocycles. The SMILES string of the molecule is COC(=O)c1[nH]c(=O)[nH]c1-c1ccc(C(F)(F)F)cc1. The van der Waals surface area contributed by atoms with Gasteiger partial charge in [-0.15, -0.1) is 0 Å². The summed E-state index contributed by atoms with van der Waals surface area (Å²) in [4.78, 5) is 27.3. The van der Waals surface area contributed by atoms with Gasteiger partial charge in [-0.1, -0.05) is 12.1 Å². The lowest BCUT2D eigenvalue weighted by Gasteiger charge is -2.07. The van der Waals surface area contributed by atoms with E-state index in [0.717, 1.165) is 31.4 Å². The molecule has 0 saturated carbocycles. The van der Waals surface area contributed by atoms with Crippen LogP contribution in [-0.4, -0.2) is 23.0 Å². The summed E-state index contributed by atoms with van der Waals surface area (Å²) in [6, 6.07) is 4.05. The second kappa shape index (κ2) is 4.87. The zero-order valence-corrected chi connectivity index (χ0v) is 10.2. The zero-order valence-electron chi connectivity index (χ0n) is 10.2. The fraction of sp³-hybridized carbons (Fsp3) is 0.167. The molecule has 2 N–H and O–H groups in total. The van der Waals surface area contributed by atoms with Crippen molar-refractivity contribution in [3.05, 3.63) is 46.0 Å². The Kier molecular flexibility index (Phi) is 3.39. The molecule has 0 spiro atoms. The Bertz CT molecular complexity index is 683. The van der Waals surface area contributed by atoms with Gasteiger partial charge in [0.05, 0.1) is 18.4 Å². The summed E-state index contributed by atoms with van der Waals surface area (Å²) in [5.74, 6) is -0.793. The Balaban J connectivity index is 2.47. The minimum absolute atomic E-state index is 0.0792. The lowest BCUT2D eigenvalue weighted by Crippen LogP contribution is -2.06. The number of halogens is 3. The lowest BCUT2D eigenvalue weighted by atomic mass is 10.1. The van der Waals surface area contributed by atoms with Crippen molar-refractivity contribution in [3.63, 3.8) is 0 Å². The molecule has 0 saturated heterocycles. The molecule has 8 heteroatoms. The number of hydrogen-bond acceptors (Lipinski definition) is 3. The average molecular weight is 286 g/mol. The summed E-state index contributed by atoms with van der Waals surface area (Å²) in [6.07, 6.45) is -4.45. The number of H-pyrrole nitrogens is 2. The number of carbonyl (C=O) groups is 1. The number of alkyl halides is 3. The van der Waals surface area contributed by atoms with E-state index in [0.29, 0.717) is 0 Å². The van der Waals surface area contributed by atoms with Gasteiger partial charge in [-0.05, 0) is 12.1 Å². The van der Waals surface area contributed by atoms with Gasteiger partial charge in [0.15, 0.2) is 5.69 Å². The van der Waals surface area contributed by atoms with Crippen LogP contribution in [0.3, 0.4) is 0 Å². The number of esters is 1. The Labute approximate surface area is 110 Å². The highest BCUT2D eigenvalue weighted by Gasteiger charge is 2.30. The van der Waals surface area contributed by atoms with Crippen LogP contribution in [0.1, 0.15) is 16.1 Å². The van der Waals surface area contributed by atoms with E-state index in [2.05, 4.69) is 14.7 Å². The normalized spacial score (nSPS) is 11.4. The predicted molar refractivity (Wildman–Crippen MR) is 63.2 cm³/mol. The molecule has 0 aliphatic heterocycles. The molecule has 0 bridgehead atoms. The summed E-state index contributed by atoms with van der Waals surface area (Å²) in [6.45, 7) is 0. The maximum atomic E-state index is 12.5. The molecule has 20 heavy (non-hydrogen) atoms. The van der Waals surface area contributed by atoms with Crippen LogP contribution in [0, 0.1) is 0 Å². The van der Waals surface area contributed by atoms with Gasteiger partial charge in [-0.25, -0.2) is 9.59 Å². The van der Waals surface area contributed by atoms with Gasteiger partial charge in [0.2, 0.25) is 0 Å². The number of nitrogens with one attached hydrogen (secondary N) is 2. The van der Waals surface area contributed by atoms with Crippen molar-refractivity contribution in [1.29, 1.82) is 0 Å². The van der Waals surface area contributed by atoms with Crippen molar-refractivity contribution in [2.45, 2.75) is 6.18 Å². The largest absolute Gasteiger partial charge is 0.464 e. The van der Waals surface area contributed by atoms with Crippen molar-refractivity contribution in [2.24, 2.45) is 0 Å². The molecule has 0 unspecified atom stereocenters. The van der Waals surface area contributed by atoms with Crippen LogP contribution >= 0.6 is 0 Å². The number of aromatic nitrogens is 2. The van der Waals surface area contributed by atoms with Gasteiger partial charge in [-0.3, -0.25) is 4.98 Å². The topological polar surface area (TPSA) is 75.0 Å². The minimum Gasteiger partial charge on any atom is -0.464 e. The van der Waals surface area contributed by atoms with Crippen LogP contribution in [0.15, 0.2) is 29.1 Å². The van der Waals surface area contributed by atoms with Gasteiger partial charge in [0.25, 0.3) is 0 Å². The quantitative estimate of drug-likeness (QED) is 0.831. The second-order valence-corrected chi connectivity index (χ2v) is 3.90. The number of benzene rings is 1. The van der Waals surface area contributed by atoms with E-state index >= 15 is 0 Å². The van der Waals surface area contributed by atoms with E-state index in [1.807, 2.05) is 0 Å². The fourth-order valence-electron chi connectivity index (χ4n) is 1.68. The summed E-state index contributed by atoms with van der Waals surface area (Å²) >= 11 is 0. The Morgan fingerprint density at radius 1 is 1.15 bits per heavy atom. The van der Waals surface area contributed by atoms with Crippen molar-refractivity contribution in [2.75, 3.05) is 7.11 Å². The van der Waals surface area contributed by atoms with Crippen LogP contribution in [0.5, 0.6) is 0 Å². The molecule has 0 fully saturated rings. The molecule has 0 radical (unpaired) electrons. The average Bonchev–Trinajstić information content (AvgIpc) is 2.79. The number of aromatic amines is 2. The van der Waals surface area contributed by atoms with Crippen LogP contribution in [0.2, 0.25) is 0 Å². The van der Waals surface area contributed by atoms with E-state index in [4.69, 9.17) is 0 Å². The highest BCUT2D eigenvalue weighted by molar-refractivity contribution is 5.94. The van der Waals surface area contributed by atoms with Crippen molar-refractivity contribution < 1.29 is 22.7 Å². The first-order valence-electron chi connectivity index (χ1n) is 5.41. The van der Waals surface area contributed by atoms with E-state index in [1.54, 1.807) is 0 Å². The van der Waals surface area contributed by atoms with Crippen molar-refractivity contribution in [3.8, 4) is 11.3 Å². The third kappa shape index (κ3) is 2.58. The number of carbonyl (C=O) groups excluding carboxylic acids is 1. The zero-order chi connectivity index (χ0) is 14.9. The van der Waals surface area contributed by atoms with E-state index in [9.17, 15) is 22.8 Å². The highest BCUT2D eigenvalue weighted by Crippen LogP contribution is 2.30. The van der Waals surface area contributed by atoms with Gasteiger partial charge < -0.3 is 9.72 Å². The molecular formula is C12H9F3N2O3. The molecule has 1 aromatic heterocycles. The summed E-state index contributed by atoms with van der Waals surface area (Å²) in [7, 11) is 1.13. The smallest absolute Gasteiger partial charge is 0.416 e. The summed E-state index contributed by atoms with van der Waals surface area (Å²) in [5.41, 5.74) is -1.27. The van der Waals surface area contributed by atoms with E-state index < -0.39 is 23.4 Å². The van der Waals surface area contributed by atoms with Crippen molar-refractivity contribution in [1.82, 2.24) is 9.97 Å². The van der Waals surface area contributed by atoms with Crippen LogP contribution in [0.4, 0.5) is 13.2 Å². The number of hydrogen-bond donors (Lipinski definition) is 2. The van der Waals surface area contributed by atoms with Crippen LogP contribution < -0.4 is 5.69 Å². The van der Waals surface area contributed by atoms with E-state index in [1.165, 1.54) is 0 Å². The molecule has 5 nitrogen and oxygen atoms in total.